The number of carbonyl (C=O) groups is 2. The number of rotatable bonds is 8. The van der Waals surface area contributed by atoms with E-state index in [1.807, 2.05) is 13.8 Å². The molecular formula is C23H30N6O4. The topological polar surface area (TPSA) is 120 Å². The number of aryl methyl sites for hydroxylation is 1. The number of hydrogen-bond acceptors (Lipinski definition) is 5. The highest BCUT2D eigenvalue weighted by Gasteiger charge is 2.21. The summed E-state index contributed by atoms with van der Waals surface area (Å²) in [5, 5.41) is 10.5. The van der Waals surface area contributed by atoms with Crippen molar-refractivity contribution in [2.24, 2.45) is 5.92 Å². The van der Waals surface area contributed by atoms with E-state index in [2.05, 4.69) is 15.7 Å². The van der Waals surface area contributed by atoms with Crippen LogP contribution in [0.5, 0.6) is 0 Å². The molecule has 10 heteroatoms. The molecule has 33 heavy (non-hydrogen) atoms. The molecule has 0 spiro atoms. The second-order valence-electron chi connectivity index (χ2n) is 9.05. The lowest BCUT2D eigenvalue weighted by molar-refractivity contribution is -0.123. The first kappa shape index (κ1) is 22.8. The minimum absolute atomic E-state index is 0.0713. The predicted molar refractivity (Wildman–Crippen MR) is 124 cm³/mol. The Morgan fingerprint density at radius 2 is 1.85 bits per heavy atom. The number of hydrogen-bond donors (Lipinski definition) is 2. The highest BCUT2D eigenvalue weighted by atomic mass is 16.2. The Kier molecular flexibility index (Phi) is 6.62. The smallest absolute Gasteiger partial charge is 0.352 e. The summed E-state index contributed by atoms with van der Waals surface area (Å²) in [5.41, 5.74) is -0.409. The van der Waals surface area contributed by atoms with Gasteiger partial charge in [0.1, 0.15) is 6.54 Å². The molecule has 1 aliphatic rings. The molecule has 0 aliphatic heterocycles. The number of fused-ring (bicyclic) bond motifs is 3. The molecule has 0 unspecified atom stereocenters. The van der Waals surface area contributed by atoms with Crippen molar-refractivity contribution in [3.05, 3.63) is 45.1 Å². The highest BCUT2D eigenvalue weighted by Crippen LogP contribution is 2.17. The van der Waals surface area contributed by atoms with E-state index in [1.54, 1.807) is 24.3 Å². The zero-order valence-corrected chi connectivity index (χ0v) is 19.0. The maximum absolute atomic E-state index is 13.2. The fraction of sp³-hybridized carbons (Fsp3) is 0.522. The van der Waals surface area contributed by atoms with Gasteiger partial charge in [-0.05, 0) is 30.9 Å². The standard InChI is InChI=1S/C23H30N6O4/c1-15(2)13-24-19(30)11-12-27-21(32)17-9-5-6-10-18(17)29-22(27)26-28(23(29)33)14-20(31)25-16-7-3-4-8-16/h5-6,9-10,15-16H,3-4,7-8,11-14H2,1-2H3,(H,24,30)(H,25,31). The van der Waals surface area contributed by atoms with E-state index in [0.29, 0.717) is 23.4 Å². The molecule has 2 aromatic heterocycles. The van der Waals surface area contributed by atoms with Crippen molar-refractivity contribution in [2.45, 2.75) is 65.1 Å². The second kappa shape index (κ2) is 9.60. The number of nitrogens with one attached hydrogen (secondary N) is 2. The summed E-state index contributed by atoms with van der Waals surface area (Å²) in [4.78, 5) is 51.1. The summed E-state index contributed by atoms with van der Waals surface area (Å²) in [7, 11) is 0. The second-order valence-corrected chi connectivity index (χ2v) is 9.05. The first-order valence-corrected chi connectivity index (χ1v) is 11.5. The van der Waals surface area contributed by atoms with Gasteiger partial charge in [-0.2, -0.15) is 0 Å². The molecule has 1 fully saturated rings. The summed E-state index contributed by atoms with van der Waals surface area (Å²) in [6, 6.07) is 6.91. The molecule has 1 aliphatic carbocycles. The number of benzene rings is 1. The third kappa shape index (κ3) is 4.84. The van der Waals surface area contributed by atoms with Crippen LogP contribution in [0.2, 0.25) is 0 Å². The third-order valence-corrected chi connectivity index (χ3v) is 5.97. The zero-order valence-electron chi connectivity index (χ0n) is 19.0. The Hall–Kier alpha value is -3.43. The summed E-state index contributed by atoms with van der Waals surface area (Å²) < 4.78 is 3.76. The molecule has 0 atom stereocenters. The molecule has 176 valence electrons. The van der Waals surface area contributed by atoms with Gasteiger partial charge in [0.2, 0.25) is 17.6 Å². The van der Waals surface area contributed by atoms with Gasteiger partial charge >= 0.3 is 5.69 Å². The Bertz CT molecular complexity index is 1300. The van der Waals surface area contributed by atoms with Crippen molar-refractivity contribution in [3.63, 3.8) is 0 Å². The first-order chi connectivity index (χ1) is 15.8. The predicted octanol–water partition coefficient (Wildman–Crippen LogP) is 1.03. The van der Waals surface area contributed by atoms with Gasteiger partial charge in [-0.3, -0.25) is 19.0 Å². The summed E-state index contributed by atoms with van der Waals surface area (Å²) in [6.45, 7) is 4.39. The van der Waals surface area contributed by atoms with Crippen LogP contribution in [0.3, 0.4) is 0 Å². The quantitative estimate of drug-likeness (QED) is 0.527. The lowest BCUT2D eigenvalue weighted by Crippen LogP contribution is -2.37. The summed E-state index contributed by atoms with van der Waals surface area (Å²) >= 11 is 0. The molecule has 10 nitrogen and oxygen atoms in total. The van der Waals surface area contributed by atoms with E-state index in [1.165, 1.54) is 8.97 Å². The van der Waals surface area contributed by atoms with Gasteiger partial charge < -0.3 is 10.6 Å². The molecule has 0 radical (unpaired) electrons. The van der Waals surface area contributed by atoms with Crippen LogP contribution >= 0.6 is 0 Å². The van der Waals surface area contributed by atoms with Gasteiger partial charge in [-0.25, -0.2) is 13.9 Å². The van der Waals surface area contributed by atoms with Crippen molar-refractivity contribution < 1.29 is 9.59 Å². The molecule has 0 saturated heterocycles. The third-order valence-electron chi connectivity index (χ3n) is 5.97. The Morgan fingerprint density at radius 3 is 2.58 bits per heavy atom. The molecular weight excluding hydrogens is 424 g/mol. The van der Waals surface area contributed by atoms with Crippen LogP contribution in [0.15, 0.2) is 33.9 Å². The molecule has 1 aromatic carbocycles. The number of para-hydroxylation sites is 1. The van der Waals surface area contributed by atoms with Gasteiger partial charge in [-0.1, -0.05) is 38.8 Å². The van der Waals surface area contributed by atoms with Crippen LogP contribution in [-0.2, 0) is 22.7 Å². The van der Waals surface area contributed by atoms with Gasteiger partial charge in [0.15, 0.2) is 0 Å². The minimum Gasteiger partial charge on any atom is -0.356 e. The number of amides is 2. The van der Waals surface area contributed by atoms with E-state index in [9.17, 15) is 19.2 Å². The monoisotopic (exact) mass is 454 g/mol. The van der Waals surface area contributed by atoms with Crippen LogP contribution in [0.25, 0.3) is 16.7 Å². The maximum atomic E-state index is 13.2. The average molecular weight is 455 g/mol. The van der Waals surface area contributed by atoms with Gasteiger partial charge in [0, 0.05) is 25.6 Å². The molecule has 2 amide bonds. The fourth-order valence-corrected chi connectivity index (χ4v) is 4.27. The molecule has 2 heterocycles. The van der Waals surface area contributed by atoms with Crippen LogP contribution in [0, 0.1) is 5.92 Å². The minimum atomic E-state index is -0.499. The summed E-state index contributed by atoms with van der Waals surface area (Å²) in [6.07, 6.45) is 4.12. The summed E-state index contributed by atoms with van der Waals surface area (Å²) in [5.74, 6) is -0.0268. The van der Waals surface area contributed by atoms with Crippen molar-refractivity contribution in [1.82, 2.24) is 29.4 Å². The van der Waals surface area contributed by atoms with Crippen molar-refractivity contribution >= 4 is 28.5 Å². The molecule has 0 bridgehead atoms. The van der Waals surface area contributed by atoms with E-state index < -0.39 is 5.69 Å². The van der Waals surface area contributed by atoms with E-state index >= 15 is 0 Å². The normalized spacial score (nSPS) is 14.4. The lowest BCUT2D eigenvalue weighted by atomic mass is 10.2. The van der Waals surface area contributed by atoms with Gasteiger partial charge in [0.05, 0.1) is 10.9 Å². The Balaban J connectivity index is 1.69. The molecule has 3 aromatic rings. The van der Waals surface area contributed by atoms with Crippen molar-refractivity contribution in [3.8, 4) is 0 Å². The fourth-order valence-electron chi connectivity index (χ4n) is 4.27. The lowest BCUT2D eigenvalue weighted by Gasteiger charge is -2.11. The van der Waals surface area contributed by atoms with Crippen molar-refractivity contribution in [1.29, 1.82) is 0 Å². The van der Waals surface area contributed by atoms with Crippen LogP contribution in [0.1, 0.15) is 46.0 Å². The van der Waals surface area contributed by atoms with Crippen LogP contribution < -0.4 is 21.9 Å². The molecule has 2 N–H and O–H groups in total. The largest absolute Gasteiger partial charge is 0.356 e. The Labute approximate surface area is 190 Å². The van der Waals surface area contributed by atoms with Crippen molar-refractivity contribution in [2.75, 3.05) is 6.54 Å². The van der Waals surface area contributed by atoms with Crippen LogP contribution in [-0.4, -0.2) is 43.1 Å². The first-order valence-electron chi connectivity index (χ1n) is 11.5. The van der Waals surface area contributed by atoms with Crippen LogP contribution in [0.4, 0.5) is 0 Å². The Morgan fingerprint density at radius 1 is 1.12 bits per heavy atom. The zero-order chi connectivity index (χ0) is 23.5. The number of nitrogens with zero attached hydrogens (tertiary/aromatic N) is 4. The molecule has 4 rings (SSSR count). The maximum Gasteiger partial charge on any atom is 0.352 e. The van der Waals surface area contributed by atoms with E-state index in [4.69, 9.17) is 0 Å². The number of aromatic nitrogens is 4. The van der Waals surface area contributed by atoms with E-state index in [0.717, 1.165) is 30.4 Å². The van der Waals surface area contributed by atoms with Gasteiger partial charge in [-0.15, -0.1) is 5.10 Å². The molecule has 1 saturated carbocycles. The average Bonchev–Trinajstić information content (AvgIpc) is 3.40. The number of carbonyl (C=O) groups excluding carboxylic acids is 2. The van der Waals surface area contributed by atoms with Gasteiger partial charge in [0.25, 0.3) is 5.56 Å². The highest BCUT2D eigenvalue weighted by molar-refractivity contribution is 5.80. The van der Waals surface area contributed by atoms with E-state index in [-0.39, 0.29) is 48.7 Å². The SMILES string of the molecule is CC(C)CNC(=O)CCn1c(=O)c2ccccc2n2c(=O)n(CC(=O)NC3CCCC3)nc12.